The average molecular weight is 520 g/mol. The van der Waals surface area contributed by atoms with Crippen LogP contribution in [-0.4, -0.2) is 16.8 Å². The Morgan fingerprint density at radius 1 is 0.789 bits per heavy atom. The van der Waals surface area contributed by atoms with Crippen LogP contribution in [0.1, 0.15) is 33.1 Å². The van der Waals surface area contributed by atoms with Crippen molar-refractivity contribution in [3.8, 4) is 11.3 Å². The summed E-state index contributed by atoms with van der Waals surface area (Å²) in [5.41, 5.74) is 5.93. The second-order valence-corrected chi connectivity index (χ2v) is 9.59. The fourth-order valence-electron chi connectivity index (χ4n) is 4.49. The second-order valence-electron chi connectivity index (χ2n) is 9.15. The maximum absolute atomic E-state index is 13.8. The molecule has 6 heteroatoms. The lowest BCUT2D eigenvalue weighted by Crippen LogP contribution is -2.37. The molecule has 2 amide bonds. The molecular formula is C32H26ClN3O2. The minimum absolute atomic E-state index is 0.347. The van der Waals surface area contributed by atoms with E-state index >= 15 is 0 Å². The first-order valence-corrected chi connectivity index (χ1v) is 12.7. The van der Waals surface area contributed by atoms with Gasteiger partial charge in [-0.1, -0.05) is 90.5 Å². The number of pyridine rings is 1. The van der Waals surface area contributed by atoms with Crippen LogP contribution < -0.4 is 10.6 Å². The number of nitrogens with zero attached hydrogens (tertiary/aromatic N) is 1. The van der Waals surface area contributed by atoms with Gasteiger partial charge in [-0.05, 0) is 54.8 Å². The van der Waals surface area contributed by atoms with Gasteiger partial charge in [0, 0.05) is 21.7 Å². The second kappa shape index (κ2) is 10.9. The minimum Gasteiger partial charge on any atom is -0.336 e. The molecule has 1 unspecified atom stereocenters. The Balaban J connectivity index is 1.54. The van der Waals surface area contributed by atoms with Crippen molar-refractivity contribution in [2.24, 2.45) is 0 Å². The molecular weight excluding hydrogens is 494 g/mol. The van der Waals surface area contributed by atoms with Crippen molar-refractivity contribution >= 4 is 40.0 Å². The van der Waals surface area contributed by atoms with E-state index in [-0.39, 0.29) is 11.8 Å². The van der Waals surface area contributed by atoms with Gasteiger partial charge in [0.05, 0.1) is 16.8 Å². The van der Waals surface area contributed by atoms with Crippen LogP contribution in [0.4, 0.5) is 5.69 Å². The van der Waals surface area contributed by atoms with Gasteiger partial charge in [0.25, 0.3) is 11.8 Å². The Labute approximate surface area is 226 Å². The van der Waals surface area contributed by atoms with E-state index in [1.807, 2.05) is 86.6 Å². The highest BCUT2D eigenvalue weighted by Crippen LogP contribution is 2.27. The third kappa shape index (κ3) is 5.29. The molecule has 4 aromatic carbocycles. The number of aryl methyl sites for hydroxylation is 2. The quantitative estimate of drug-likeness (QED) is 0.247. The summed E-state index contributed by atoms with van der Waals surface area (Å²) in [6, 6.07) is 30.7. The molecule has 1 heterocycles. The van der Waals surface area contributed by atoms with E-state index in [4.69, 9.17) is 16.6 Å². The summed E-state index contributed by atoms with van der Waals surface area (Å²) in [6.45, 7) is 3.87. The van der Waals surface area contributed by atoms with Crippen molar-refractivity contribution in [3.63, 3.8) is 0 Å². The van der Waals surface area contributed by atoms with Crippen molar-refractivity contribution < 1.29 is 9.59 Å². The highest BCUT2D eigenvalue weighted by atomic mass is 35.5. The Kier molecular flexibility index (Phi) is 7.20. The van der Waals surface area contributed by atoms with E-state index in [0.717, 1.165) is 22.4 Å². The molecule has 0 spiro atoms. The first-order valence-electron chi connectivity index (χ1n) is 12.3. The van der Waals surface area contributed by atoms with Crippen LogP contribution in [0.3, 0.4) is 0 Å². The standard InChI is InChI=1S/C32H26ClN3O2/c1-20-9-8-10-21(2)29(20)35-32(38)30(23-15-17-24(33)18-16-23)36-31(37)26-19-28(22-11-4-3-5-12-22)34-27-14-7-6-13-25(26)27/h3-19,30H,1-2H3,(H,35,38)(H,36,37). The molecule has 0 aliphatic rings. The van der Waals surface area contributed by atoms with E-state index in [1.165, 1.54) is 0 Å². The molecule has 5 aromatic rings. The van der Waals surface area contributed by atoms with Gasteiger partial charge in [-0.25, -0.2) is 4.98 Å². The van der Waals surface area contributed by atoms with Gasteiger partial charge >= 0.3 is 0 Å². The van der Waals surface area contributed by atoms with Gasteiger partial charge in [0.15, 0.2) is 0 Å². The van der Waals surface area contributed by atoms with Crippen LogP contribution in [0.15, 0.2) is 103 Å². The van der Waals surface area contributed by atoms with E-state index in [1.54, 1.807) is 30.3 Å². The predicted molar refractivity (Wildman–Crippen MR) is 153 cm³/mol. The van der Waals surface area contributed by atoms with Crippen LogP contribution >= 0.6 is 11.6 Å². The van der Waals surface area contributed by atoms with Crippen molar-refractivity contribution in [2.75, 3.05) is 5.32 Å². The zero-order chi connectivity index (χ0) is 26.6. The molecule has 0 saturated carbocycles. The van der Waals surface area contributed by atoms with Gasteiger partial charge in [-0.2, -0.15) is 0 Å². The number of aromatic nitrogens is 1. The van der Waals surface area contributed by atoms with Crippen molar-refractivity contribution in [1.82, 2.24) is 10.3 Å². The van der Waals surface area contributed by atoms with Gasteiger partial charge in [0.1, 0.15) is 6.04 Å². The Hall–Kier alpha value is -4.48. The van der Waals surface area contributed by atoms with E-state index in [9.17, 15) is 9.59 Å². The molecule has 5 rings (SSSR count). The molecule has 188 valence electrons. The fraction of sp³-hybridized carbons (Fsp3) is 0.0938. The number of amides is 2. The molecule has 0 saturated heterocycles. The Bertz CT molecular complexity index is 1610. The molecule has 2 N–H and O–H groups in total. The smallest absolute Gasteiger partial charge is 0.252 e. The van der Waals surface area contributed by atoms with Crippen molar-refractivity contribution in [2.45, 2.75) is 19.9 Å². The molecule has 0 radical (unpaired) electrons. The largest absolute Gasteiger partial charge is 0.336 e. The number of benzene rings is 4. The first-order chi connectivity index (χ1) is 18.4. The number of fused-ring (bicyclic) bond motifs is 1. The third-order valence-corrected chi connectivity index (χ3v) is 6.75. The molecule has 1 atom stereocenters. The number of anilines is 1. The fourth-order valence-corrected chi connectivity index (χ4v) is 4.62. The monoisotopic (exact) mass is 519 g/mol. The maximum Gasteiger partial charge on any atom is 0.252 e. The predicted octanol–water partition coefficient (Wildman–Crippen LogP) is 7.28. The van der Waals surface area contributed by atoms with Crippen LogP contribution in [0.2, 0.25) is 5.02 Å². The third-order valence-electron chi connectivity index (χ3n) is 6.50. The number of hydrogen-bond donors (Lipinski definition) is 2. The minimum atomic E-state index is -0.953. The molecule has 0 aliphatic heterocycles. The number of carbonyl (C=O) groups excluding carboxylic acids is 2. The Morgan fingerprint density at radius 2 is 1.45 bits per heavy atom. The zero-order valence-electron chi connectivity index (χ0n) is 21.0. The summed E-state index contributed by atoms with van der Waals surface area (Å²) < 4.78 is 0. The zero-order valence-corrected chi connectivity index (χ0v) is 21.8. The number of rotatable bonds is 6. The van der Waals surface area contributed by atoms with Crippen molar-refractivity contribution in [1.29, 1.82) is 0 Å². The summed E-state index contributed by atoms with van der Waals surface area (Å²) in [5.74, 6) is -0.725. The van der Waals surface area contributed by atoms with Crippen molar-refractivity contribution in [3.05, 3.63) is 130 Å². The normalized spacial score (nSPS) is 11.7. The molecule has 0 aliphatic carbocycles. The SMILES string of the molecule is Cc1cccc(C)c1NC(=O)C(NC(=O)c1cc(-c2ccccc2)nc2ccccc12)c1ccc(Cl)cc1. The van der Waals surface area contributed by atoms with E-state index < -0.39 is 6.04 Å². The van der Waals surface area contributed by atoms with Gasteiger partial charge in [-0.15, -0.1) is 0 Å². The molecule has 38 heavy (non-hydrogen) atoms. The topological polar surface area (TPSA) is 71.1 Å². The lowest BCUT2D eigenvalue weighted by Gasteiger charge is -2.21. The van der Waals surface area contributed by atoms with Crippen LogP contribution in [0.5, 0.6) is 0 Å². The highest BCUT2D eigenvalue weighted by Gasteiger charge is 2.26. The summed E-state index contributed by atoms with van der Waals surface area (Å²) in [4.78, 5) is 32.3. The summed E-state index contributed by atoms with van der Waals surface area (Å²) in [5, 5.41) is 7.25. The lowest BCUT2D eigenvalue weighted by molar-refractivity contribution is -0.118. The highest BCUT2D eigenvalue weighted by molar-refractivity contribution is 6.30. The molecule has 0 fully saturated rings. The number of carbonyl (C=O) groups is 2. The summed E-state index contributed by atoms with van der Waals surface area (Å²) in [6.07, 6.45) is 0. The maximum atomic E-state index is 13.8. The molecule has 1 aromatic heterocycles. The molecule has 0 bridgehead atoms. The number of halogens is 1. The van der Waals surface area contributed by atoms with E-state index in [2.05, 4.69) is 10.6 Å². The summed E-state index contributed by atoms with van der Waals surface area (Å²) >= 11 is 6.12. The first kappa shape index (κ1) is 25.2. The van der Waals surface area contributed by atoms with Gasteiger partial charge < -0.3 is 10.6 Å². The number of para-hydroxylation sites is 2. The van der Waals surface area contributed by atoms with Crippen LogP contribution in [0, 0.1) is 13.8 Å². The molecule has 5 nitrogen and oxygen atoms in total. The Morgan fingerprint density at radius 3 is 2.16 bits per heavy atom. The van der Waals surface area contributed by atoms with Crippen LogP contribution in [-0.2, 0) is 4.79 Å². The van der Waals surface area contributed by atoms with Crippen LogP contribution in [0.25, 0.3) is 22.2 Å². The van der Waals surface area contributed by atoms with Gasteiger partial charge in [-0.3, -0.25) is 9.59 Å². The summed E-state index contributed by atoms with van der Waals surface area (Å²) in [7, 11) is 0. The number of nitrogens with one attached hydrogen (secondary N) is 2. The number of hydrogen-bond acceptors (Lipinski definition) is 3. The lowest BCUT2D eigenvalue weighted by atomic mass is 10.0. The van der Waals surface area contributed by atoms with E-state index in [0.29, 0.717) is 32.7 Å². The van der Waals surface area contributed by atoms with Gasteiger partial charge in [0.2, 0.25) is 0 Å². The average Bonchev–Trinajstić information content (AvgIpc) is 2.94.